The maximum Gasteiger partial charge on any atom is 0.410 e. The largest absolute Gasteiger partial charge is 0.450 e. The Morgan fingerprint density at radius 2 is 2.28 bits per heavy atom. The van der Waals surface area contributed by atoms with E-state index in [4.69, 9.17) is 4.74 Å². The van der Waals surface area contributed by atoms with Crippen LogP contribution in [0.1, 0.15) is 39.6 Å². The minimum Gasteiger partial charge on any atom is -0.450 e. The molecular formula is C17H20N4O3S. The zero-order valence-corrected chi connectivity index (χ0v) is 15.0. The predicted octanol–water partition coefficient (Wildman–Crippen LogP) is 2.46. The van der Waals surface area contributed by atoms with Crippen LogP contribution in [-0.4, -0.2) is 34.6 Å². The minimum atomic E-state index is -0.293. The van der Waals surface area contributed by atoms with Crippen molar-refractivity contribution in [1.82, 2.24) is 14.8 Å². The Morgan fingerprint density at radius 3 is 3.00 bits per heavy atom. The van der Waals surface area contributed by atoms with E-state index in [0.717, 1.165) is 26.7 Å². The number of amides is 2. The highest BCUT2D eigenvalue weighted by Crippen LogP contribution is 2.40. The molecule has 0 saturated carbocycles. The van der Waals surface area contributed by atoms with E-state index in [2.05, 4.69) is 10.6 Å². The van der Waals surface area contributed by atoms with E-state index >= 15 is 0 Å². The van der Waals surface area contributed by atoms with Crippen molar-refractivity contribution in [3.05, 3.63) is 40.0 Å². The molecule has 2 N–H and O–H groups in total. The van der Waals surface area contributed by atoms with Gasteiger partial charge in [-0.2, -0.15) is 0 Å². The van der Waals surface area contributed by atoms with Gasteiger partial charge in [-0.25, -0.2) is 4.79 Å². The lowest BCUT2D eigenvalue weighted by Crippen LogP contribution is -2.40. The number of fused-ring (bicyclic) bond motifs is 3. The van der Waals surface area contributed by atoms with Gasteiger partial charge in [-0.1, -0.05) is 0 Å². The smallest absolute Gasteiger partial charge is 0.410 e. The van der Waals surface area contributed by atoms with Gasteiger partial charge in [0.2, 0.25) is 0 Å². The molecule has 2 aliphatic rings. The van der Waals surface area contributed by atoms with Crippen molar-refractivity contribution in [3.63, 3.8) is 0 Å². The Labute approximate surface area is 149 Å². The molecule has 0 aliphatic carbocycles. The first-order chi connectivity index (χ1) is 12.1. The third kappa shape index (κ3) is 2.66. The molecule has 1 unspecified atom stereocenters. The maximum atomic E-state index is 12.7. The van der Waals surface area contributed by atoms with Crippen LogP contribution in [0.4, 0.5) is 9.80 Å². The summed E-state index contributed by atoms with van der Waals surface area (Å²) in [7, 11) is 1.95. The van der Waals surface area contributed by atoms with Crippen LogP contribution in [0.2, 0.25) is 0 Å². The average Bonchev–Trinajstić information content (AvgIpc) is 3.17. The molecule has 0 aromatic carbocycles. The number of rotatable bonds is 2. The molecule has 25 heavy (non-hydrogen) atoms. The van der Waals surface area contributed by atoms with Gasteiger partial charge in [-0.3, -0.25) is 4.79 Å². The predicted molar refractivity (Wildman–Crippen MR) is 94.7 cm³/mol. The summed E-state index contributed by atoms with van der Waals surface area (Å²) in [5, 5.41) is 7.35. The van der Waals surface area contributed by atoms with Crippen LogP contribution in [0.15, 0.2) is 18.3 Å². The number of anilines is 1. The van der Waals surface area contributed by atoms with Gasteiger partial charge >= 0.3 is 6.09 Å². The average molecular weight is 360 g/mol. The van der Waals surface area contributed by atoms with Crippen molar-refractivity contribution in [1.29, 1.82) is 0 Å². The molecule has 2 aliphatic heterocycles. The normalized spacial score (nSPS) is 18.9. The highest BCUT2D eigenvalue weighted by Gasteiger charge is 2.34. The molecule has 0 fully saturated rings. The summed E-state index contributed by atoms with van der Waals surface area (Å²) < 4.78 is 7.08. The fourth-order valence-corrected chi connectivity index (χ4v) is 4.70. The molecule has 8 heteroatoms. The summed E-state index contributed by atoms with van der Waals surface area (Å²) in [5.41, 5.74) is 2.78. The SMILES string of the molecule is CCOC(=O)N1CCc2c(sc3c2C(=O)NC(c2cccn2C)N3)C1. The van der Waals surface area contributed by atoms with E-state index in [1.807, 2.05) is 29.9 Å². The van der Waals surface area contributed by atoms with Gasteiger partial charge in [0.25, 0.3) is 5.91 Å². The zero-order chi connectivity index (χ0) is 17.6. The van der Waals surface area contributed by atoms with Crippen molar-refractivity contribution in [2.75, 3.05) is 18.5 Å². The molecule has 7 nitrogen and oxygen atoms in total. The molecule has 4 heterocycles. The quantitative estimate of drug-likeness (QED) is 0.863. The number of nitrogens with one attached hydrogen (secondary N) is 2. The first-order valence-corrected chi connectivity index (χ1v) is 9.15. The number of carbonyl (C=O) groups excluding carboxylic acids is 2. The Hall–Kier alpha value is -2.48. The minimum absolute atomic E-state index is 0.0537. The molecule has 2 amide bonds. The molecule has 1 atom stereocenters. The van der Waals surface area contributed by atoms with Gasteiger partial charge in [-0.15, -0.1) is 11.3 Å². The number of nitrogens with zero attached hydrogens (tertiary/aromatic N) is 2. The van der Waals surface area contributed by atoms with Crippen molar-refractivity contribution in [3.8, 4) is 0 Å². The standard InChI is InChI=1S/C17H20N4O3S/c1-3-24-17(23)21-8-6-10-12(9-21)25-16-13(10)15(22)18-14(19-16)11-5-4-7-20(11)2/h4-5,7,14,19H,3,6,8-9H2,1-2H3,(H,18,22). The van der Waals surface area contributed by atoms with Crippen molar-refractivity contribution in [2.45, 2.75) is 26.1 Å². The van der Waals surface area contributed by atoms with Crippen LogP contribution < -0.4 is 10.6 Å². The number of hydrogen-bond donors (Lipinski definition) is 2. The van der Waals surface area contributed by atoms with Crippen LogP contribution >= 0.6 is 11.3 Å². The van der Waals surface area contributed by atoms with Gasteiger partial charge in [0.05, 0.1) is 24.4 Å². The molecule has 0 bridgehead atoms. The second kappa shape index (κ2) is 6.11. The van der Waals surface area contributed by atoms with Gasteiger partial charge in [0.15, 0.2) is 0 Å². The van der Waals surface area contributed by atoms with Crippen molar-refractivity contribution >= 4 is 28.3 Å². The van der Waals surface area contributed by atoms with Crippen LogP contribution in [0, 0.1) is 0 Å². The number of thiophene rings is 1. The van der Waals surface area contributed by atoms with Crippen LogP contribution in [0.5, 0.6) is 0 Å². The molecule has 0 radical (unpaired) electrons. The summed E-state index contributed by atoms with van der Waals surface area (Å²) >= 11 is 1.56. The third-order valence-corrected chi connectivity index (χ3v) is 5.79. The van der Waals surface area contributed by atoms with Crippen LogP contribution in [-0.2, 0) is 24.8 Å². The van der Waals surface area contributed by atoms with Gasteiger partial charge in [-0.05, 0) is 31.0 Å². The summed E-state index contributed by atoms with van der Waals surface area (Å²) in [5.74, 6) is -0.0537. The Morgan fingerprint density at radius 1 is 1.44 bits per heavy atom. The Bertz CT molecular complexity index is 841. The topological polar surface area (TPSA) is 75.6 Å². The van der Waals surface area contributed by atoms with Gasteiger partial charge in [0.1, 0.15) is 11.2 Å². The highest BCUT2D eigenvalue weighted by molar-refractivity contribution is 7.16. The first kappa shape index (κ1) is 16.0. The zero-order valence-electron chi connectivity index (χ0n) is 14.2. The number of aryl methyl sites for hydroxylation is 1. The van der Waals surface area contributed by atoms with Crippen molar-refractivity contribution < 1.29 is 14.3 Å². The van der Waals surface area contributed by atoms with Gasteiger partial charge in [0, 0.05) is 24.7 Å². The second-order valence-corrected chi connectivity index (χ2v) is 7.28. The lowest BCUT2D eigenvalue weighted by Gasteiger charge is -2.28. The number of aromatic nitrogens is 1. The van der Waals surface area contributed by atoms with E-state index in [9.17, 15) is 9.59 Å². The second-order valence-electron chi connectivity index (χ2n) is 6.17. The lowest BCUT2D eigenvalue weighted by molar-refractivity contribution is 0.0933. The monoisotopic (exact) mass is 360 g/mol. The van der Waals surface area contributed by atoms with E-state index in [0.29, 0.717) is 26.1 Å². The Balaban J connectivity index is 1.61. The fraction of sp³-hybridized carbons (Fsp3) is 0.412. The van der Waals surface area contributed by atoms with E-state index in [-0.39, 0.29) is 18.2 Å². The molecular weight excluding hydrogens is 340 g/mol. The molecule has 4 rings (SSSR count). The van der Waals surface area contributed by atoms with E-state index in [1.165, 1.54) is 0 Å². The third-order valence-electron chi connectivity index (χ3n) is 4.64. The molecule has 2 aromatic rings. The van der Waals surface area contributed by atoms with Gasteiger partial charge < -0.3 is 24.8 Å². The number of hydrogen-bond acceptors (Lipinski definition) is 5. The molecule has 2 aromatic heterocycles. The summed E-state index contributed by atoms with van der Waals surface area (Å²) in [4.78, 5) is 27.4. The lowest BCUT2D eigenvalue weighted by atomic mass is 10.0. The van der Waals surface area contributed by atoms with E-state index in [1.54, 1.807) is 23.2 Å². The fourth-order valence-electron chi connectivity index (χ4n) is 3.41. The number of ether oxygens (including phenoxy) is 1. The molecule has 0 saturated heterocycles. The molecule has 0 spiro atoms. The Kier molecular flexibility index (Phi) is 3.91. The first-order valence-electron chi connectivity index (χ1n) is 8.33. The maximum absolute atomic E-state index is 12.7. The summed E-state index contributed by atoms with van der Waals surface area (Å²) in [6.45, 7) is 3.24. The van der Waals surface area contributed by atoms with Crippen molar-refractivity contribution in [2.24, 2.45) is 7.05 Å². The summed E-state index contributed by atoms with van der Waals surface area (Å²) in [6, 6.07) is 3.94. The highest BCUT2D eigenvalue weighted by atomic mass is 32.1. The molecule has 132 valence electrons. The van der Waals surface area contributed by atoms with E-state index < -0.39 is 0 Å². The van der Waals surface area contributed by atoms with Crippen LogP contribution in [0.25, 0.3) is 0 Å². The summed E-state index contributed by atoms with van der Waals surface area (Å²) in [6.07, 6.45) is 2.08. The van der Waals surface area contributed by atoms with Crippen LogP contribution in [0.3, 0.4) is 0 Å². The number of carbonyl (C=O) groups is 2.